The van der Waals surface area contributed by atoms with Crippen molar-refractivity contribution >= 4 is 18.4 Å². The number of hydrogen-bond acceptors (Lipinski definition) is 2. The summed E-state index contributed by atoms with van der Waals surface area (Å²) in [6, 6.07) is 9.71. The average Bonchev–Trinajstić information content (AvgIpc) is 2.26. The summed E-state index contributed by atoms with van der Waals surface area (Å²) in [5.41, 5.74) is 1.03. The lowest BCUT2D eigenvalue weighted by atomic mass is 10.1. The number of carbonyl (C=O) groups excluding carboxylic acids is 1. The molecule has 0 N–H and O–H groups in total. The number of rotatable bonds is 4. The molecule has 0 aliphatic rings. The SMILES string of the molecule is CC[C@H](C)C(=O)OCc1ccccc1.Cl. The monoisotopic (exact) mass is 228 g/mol. The molecule has 0 bridgehead atoms. The number of esters is 1. The molecule has 0 aromatic heterocycles. The first-order valence-electron chi connectivity index (χ1n) is 4.94. The predicted molar refractivity (Wildman–Crippen MR) is 62.9 cm³/mol. The van der Waals surface area contributed by atoms with Crippen molar-refractivity contribution in [1.29, 1.82) is 0 Å². The fraction of sp³-hybridized carbons (Fsp3) is 0.417. The van der Waals surface area contributed by atoms with Crippen molar-refractivity contribution < 1.29 is 9.53 Å². The number of carbonyl (C=O) groups is 1. The summed E-state index contributed by atoms with van der Waals surface area (Å²) in [7, 11) is 0. The van der Waals surface area contributed by atoms with Crippen molar-refractivity contribution in [2.24, 2.45) is 5.92 Å². The minimum atomic E-state index is -0.114. The van der Waals surface area contributed by atoms with Gasteiger partial charge in [0.05, 0.1) is 5.92 Å². The van der Waals surface area contributed by atoms with Gasteiger partial charge in [0, 0.05) is 0 Å². The third kappa shape index (κ3) is 4.84. The Morgan fingerprint density at radius 2 is 1.93 bits per heavy atom. The highest BCUT2D eigenvalue weighted by Crippen LogP contribution is 2.06. The van der Waals surface area contributed by atoms with E-state index in [1.807, 2.05) is 44.2 Å². The molecule has 0 heterocycles. The molecule has 0 amide bonds. The van der Waals surface area contributed by atoms with Crippen LogP contribution in [0.5, 0.6) is 0 Å². The van der Waals surface area contributed by atoms with Crippen LogP contribution in [-0.4, -0.2) is 5.97 Å². The molecule has 3 heteroatoms. The highest BCUT2D eigenvalue weighted by atomic mass is 35.5. The maximum Gasteiger partial charge on any atom is 0.308 e. The van der Waals surface area contributed by atoms with Gasteiger partial charge in [-0.1, -0.05) is 44.2 Å². The lowest BCUT2D eigenvalue weighted by Crippen LogP contribution is -2.13. The van der Waals surface area contributed by atoms with E-state index >= 15 is 0 Å². The first-order valence-corrected chi connectivity index (χ1v) is 4.94. The molecule has 2 nitrogen and oxygen atoms in total. The summed E-state index contributed by atoms with van der Waals surface area (Å²) in [6.45, 7) is 4.24. The van der Waals surface area contributed by atoms with Gasteiger partial charge in [-0.05, 0) is 12.0 Å². The number of hydrogen-bond donors (Lipinski definition) is 0. The van der Waals surface area contributed by atoms with E-state index in [9.17, 15) is 4.79 Å². The second kappa shape index (κ2) is 7.30. The summed E-state index contributed by atoms with van der Waals surface area (Å²) in [5.74, 6) is -0.116. The van der Waals surface area contributed by atoms with Gasteiger partial charge in [-0.2, -0.15) is 0 Å². The summed E-state index contributed by atoms with van der Waals surface area (Å²) in [6.07, 6.45) is 0.827. The van der Waals surface area contributed by atoms with Crippen LogP contribution in [0.2, 0.25) is 0 Å². The maximum absolute atomic E-state index is 11.3. The molecule has 0 radical (unpaired) electrons. The van der Waals surface area contributed by atoms with E-state index in [1.165, 1.54) is 0 Å². The van der Waals surface area contributed by atoms with Gasteiger partial charge in [0.2, 0.25) is 0 Å². The lowest BCUT2D eigenvalue weighted by molar-refractivity contribution is -0.149. The van der Waals surface area contributed by atoms with Crippen molar-refractivity contribution in [3.63, 3.8) is 0 Å². The van der Waals surface area contributed by atoms with Crippen molar-refractivity contribution in [3.05, 3.63) is 35.9 Å². The van der Waals surface area contributed by atoms with E-state index in [-0.39, 0.29) is 24.3 Å². The molecule has 15 heavy (non-hydrogen) atoms. The normalized spacial score (nSPS) is 11.3. The Morgan fingerprint density at radius 1 is 1.33 bits per heavy atom. The van der Waals surface area contributed by atoms with Gasteiger partial charge < -0.3 is 4.74 Å². The fourth-order valence-electron chi connectivity index (χ4n) is 1.04. The van der Waals surface area contributed by atoms with Crippen LogP contribution >= 0.6 is 12.4 Å². The van der Waals surface area contributed by atoms with Crippen LogP contribution < -0.4 is 0 Å². The zero-order chi connectivity index (χ0) is 10.4. The summed E-state index contributed by atoms with van der Waals surface area (Å²) in [5, 5.41) is 0. The van der Waals surface area contributed by atoms with Crippen LogP contribution in [0.3, 0.4) is 0 Å². The molecule has 0 unspecified atom stereocenters. The molecule has 0 aliphatic carbocycles. The van der Waals surface area contributed by atoms with Crippen molar-refractivity contribution in [1.82, 2.24) is 0 Å². The Labute approximate surface area is 97.0 Å². The molecule has 0 saturated carbocycles. The van der Waals surface area contributed by atoms with Crippen LogP contribution in [0.1, 0.15) is 25.8 Å². The molecule has 0 fully saturated rings. The van der Waals surface area contributed by atoms with E-state index in [1.54, 1.807) is 0 Å². The average molecular weight is 229 g/mol. The molecule has 0 saturated heterocycles. The number of benzene rings is 1. The van der Waals surface area contributed by atoms with E-state index in [4.69, 9.17) is 4.74 Å². The van der Waals surface area contributed by atoms with Gasteiger partial charge in [0.1, 0.15) is 6.61 Å². The highest BCUT2D eigenvalue weighted by molar-refractivity contribution is 5.85. The van der Waals surface area contributed by atoms with Gasteiger partial charge in [0.25, 0.3) is 0 Å². The summed E-state index contributed by atoms with van der Waals surface area (Å²) in [4.78, 5) is 11.3. The molecule has 1 atom stereocenters. The van der Waals surface area contributed by atoms with Crippen molar-refractivity contribution in [2.75, 3.05) is 0 Å². The Hall–Kier alpha value is -1.02. The van der Waals surface area contributed by atoms with Crippen molar-refractivity contribution in [2.45, 2.75) is 26.9 Å². The quantitative estimate of drug-likeness (QED) is 0.740. The molecule has 1 rings (SSSR count). The van der Waals surface area contributed by atoms with Gasteiger partial charge in [-0.15, -0.1) is 12.4 Å². The molecular weight excluding hydrogens is 212 g/mol. The van der Waals surface area contributed by atoms with E-state index in [2.05, 4.69) is 0 Å². The Kier molecular flexibility index (Phi) is 6.80. The first kappa shape index (κ1) is 14.0. The van der Waals surface area contributed by atoms with Crippen LogP contribution in [0.15, 0.2) is 30.3 Å². The topological polar surface area (TPSA) is 26.3 Å². The Balaban J connectivity index is 0.00000196. The molecule has 84 valence electrons. The van der Waals surface area contributed by atoms with Crippen molar-refractivity contribution in [3.8, 4) is 0 Å². The first-order chi connectivity index (χ1) is 6.74. The molecule has 1 aromatic carbocycles. The van der Waals surface area contributed by atoms with E-state index in [0.717, 1.165) is 12.0 Å². The minimum Gasteiger partial charge on any atom is -0.461 e. The van der Waals surface area contributed by atoms with E-state index < -0.39 is 0 Å². The largest absolute Gasteiger partial charge is 0.461 e. The third-order valence-electron chi connectivity index (χ3n) is 2.24. The lowest BCUT2D eigenvalue weighted by Gasteiger charge is -2.08. The zero-order valence-corrected chi connectivity index (χ0v) is 9.92. The minimum absolute atomic E-state index is 0. The number of halogens is 1. The smallest absolute Gasteiger partial charge is 0.308 e. The molecule has 0 aliphatic heterocycles. The summed E-state index contributed by atoms with van der Waals surface area (Å²) >= 11 is 0. The fourth-order valence-corrected chi connectivity index (χ4v) is 1.04. The van der Waals surface area contributed by atoms with Gasteiger partial charge in [-0.3, -0.25) is 4.79 Å². The second-order valence-corrected chi connectivity index (χ2v) is 3.40. The Bertz CT molecular complexity index is 285. The van der Waals surface area contributed by atoms with Crippen LogP contribution in [0.4, 0.5) is 0 Å². The number of ether oxygens (including phenoxy) is 1. The highest BCUT2D eigenvalue weighted by Gasteiger charge is 2.11. The molecule has 0 spiro atoms. The Morgan fingerprint density at radius 3 is 2.47 bits per heavy atom. The zero-order valence-electron chi connectivity index (χ0n) is 9.10. The third-order valence-corrected chi connectivity index (χ3v) is 2.24. The molecule has 1 aromatic rings. The molecular formula is C12H17ClO2. The second-order valence-electron chi connectivity index (χ2n) is 3.40. The van der Waals surface area contributed by atoms with Crippen LogP contribution in [0, 0.1) is 5.92 Å². The summed E-state index contributed by atoms with van der Waals surface area (Å²) < 4.78 is 5.14. The predicted octanol–water partition coefficient (Wildman–Crippen LogP) is 3.20. The maximum atomic E-state index is 11.3. The van der Waals surface area contributed by atoms with Crippen LogP contribution in [0.25, 0.3) is 0 Å². The standard InChI is InChI=1S/C12H16O2.ClH/c1-3-10(2)12(13)14-9-11-7-5-4-6-8-11;/h4-8,10H,3,9H2,1-2H3;1H/t10-;/m0./s1. The van der Waals surface area contributed by atoms with Gasteiger partial charge in [0.15, 0.2) is 0 Å². The van der Waals surface area contributed by atoms with Crippen LogP contribution in [-0.2, 0) is 16.1 Å². The van der Waals surface area contributed by atoms with E-state index in [0.29, 0.717) is 6.61 Å². The van der Waals surface area contributed by atoms with Gasteiger partial charge in [-0.25, -0.2) is 0 Å². The van der Waals surface area contributed by atoms with Gasteiger partial charge >= 0.3 is 5.97 Å².